The molecule has 0 aliphatic rings. The normalized spacial score (nSPS) is 13.8. The van der Waals surface area contributed by atoms with Gasteiger partial charge in [0.1, 0.15) is 25.0 Å². The minimum Gasteiger partial charge on any atom is -0.491 e. The summed E-state index contributed by atoms with van der Waals surface area (Å²) in [5.74, 6) is 0.865. The van der Waals surface area contributed by atoms with Gasteiger partial charge < -0.3 is 19.9 Å². The summed E-state index contributed by atoms with van der Waals surface area (Å²) < 4.78 is 11.2. The van der Waals surface area contributed by atoms with Crippen LogP contribution in [0.25, 0.3) is 0 Å². The van der Waals surface area contributed by atoms with Crippen molar-refractivity contribution in [2.45, 2.75) is 66.5 Å². The third-order valence-corrected chi connectivity index (χ3v) is 4.21. The van der Waals surface area contributed by atoms with Gasteiger partial charge in [-0.15, -0.1) is 0 Å². The Balaban J connectivity index is 2.18. The summed E-state index contributed by atoms with van der Waals surface area (Å²) in [5.41, 5.74) is 2.89. The molecule has 144 valence electrons. The molecular weight excluding hydrogens is 314 g/mol. The van der Waals surface area contributed by atoms with Crippen LogP contribution in [0.15, 0.2) is 18.2 Å². The zero-order valence-electron chi connectivity index (χ0n) is 17.2. The molecule has 25 heavy (non-hydrogen) atoms. The van der Waals surface area contributed by atoms with E-state index in [9.17, 15) is 5.11 Å². The van der Waals surface area contributed by atoms with Gasteiger partial charge in [0.15, 0.2) is 0 Å². The van der Waals surface area contributed by atoms with Gasteiger partial charge in [-0.3, -0.25) is 0 Å². The van der Waals surface area contributed by atoms with Gasteiger partial charge >= 0.3 is 0 Å². The molecule has 0 heterocycles. The van der Waals surface area contributed by atoms with Crippen LogP contribution in [0.2, 0.25) is 0 Å². The molecule has 0 bridgehead atoms. The second-order valence-electron chi connectivity index (χ2n) is 8.99. The molecule has 1 atom stereocenters. The predicted molar refractivity (Wildman–Crippen MR) is 103 cm³/mol. The Morgan fingerprint density at radius 3 is 2.32 bits per heavy atom. The lowest BCUT2D eigenvalue weighted by atomic mass is 9.82. The van der Waals surface area contributed by atoms with Gasteiger partial charge in [-0.25, -0.2) is 0 Å². The zero-order chi connectivity index (χ0) is 19.1. The third-order valence-electron chi connectivity index (χ3n) is 4.21. The van der Waals surface area contributed by atoms with Gasteiger partial charge in [-0.2, -0.15) is 0 Å². The van der Waals surface area contributed by atoms with E-state index in [1.807, 2.05) is 12.1 Å². The molecule has 0 aliphatic heterocycles. The molecule has 4 heteroatoms. The number of aliphatic hydroxyl groups is 1. The average Bonchev–Trinajstić information content (AvgIpc) is 2.46. The van der Waals surface area contributed by atoms with Gasteiger partial charge in [0.05, 0.1) is 18.8 Å². The zero-order valence-corrected chi connectivity index (χ0v) is 17.2. The molecule has 0 saturated heterocycles. The van der Waals surface area contributed by atoms with E-state index >= 15 is 0 Å². The van der Waals surface area contributed by atoms with Crippen LogP contribution < -0.4 is 10.1 Å². The lowest BCUT2D eigenvalue weighted by molar-refractivity contribution is -0.728. The van der Waals surface area contributed by atoms with Crippen LogP contribution in [-0.2, 0) is 4.74 Å². The molecule has 0 aromatic heterocycles. The molecule has 0 spiro atoms. The maximum absolute atomic E-state index is 10.1. The van der Waals surface area contributed by atoms with Crippen molar-refractivity contribution in [1.29, 1.82) is 0 Å². The Morgan fingerprint density at radius 1 is 1.04 bits per heavy atom. The molecule has 0 saturated carbocycles. The second-order valence-corrected chi connectivity index (χ2v) is 8.99. The van der Waals surface area contributed by atoms with Crippen LogP contribution in [0.1, 0.15) is 52.2 Å². The molecule has 0 amide bonds. The number of rotatable bonds is 10. The van der Waals surface area contributed by atoms with Crippen molar-refractivity contribution in [2.24, 2.45) is 5.41 Å². The number of ether oxygens (including phenoxy) is 2. The summed E-state index contributed by atoms with van der Waals surface area (Å²) in [6, 6.07) is 6.07. The fraction of sp³-hybridized carbons (Fsp3) is 0.714. The van der Waals surface area contributed by atoms with Gasteiger partial charge in [0.25, 0.3) is 0 Å². The molecule has 4 nitrogen and oxygen atoms in total. The SMILES string of the molecule is Cc1ccc(OCCOC[C@H](O)C[NH2+]C(C)(C)CC(C)(C)C)cc1C. The first-order valence-electron chi connectivity index (χ1n) is 9.29. The van der Waals surface area contributed by atoms with Crippen LogP contribution in [0.4, 0.5) is 0 Å². The Labute approximate surface area is 153 Å². The van der Waals surface area contributed by atoms with E-state index in [0.717, 1.165) is 12.2 Å². The van der Waals surface area contributed by atoms with Crippen molar-refractivity contribution >= 4 is 0 Å². The standard InChI is InChI=1S/C21H37NO3/c1-16-8-9-19(12-17(16)2)25-11-10-24-14-18(23)13-22-21(6,7)15-20(3,4)5/h8-9,12,18,22-23H,10-11,13-15H2,1-7H3/p+1/t18-/m1/s1. The number of hydrogen-bond donors (Lipinski definition) is 2. The van der Waals surface area contributed by atoms with E-state index in [0.29, 0.717) is 26.4 Å². The lowest BCUT2D eigenvalue weighted by Gasteiger charge is -2.31. The highest BCUT2D eigenvalue weighted by Crippen LogP contribution is 2.24. The Hall–Kier alpha value is -1.10. The Bertz CT molecular complexity index is 520. The molecule has 1 aromatic carbocycles. The summed E-state index contributed by atoms with van der Waals surface area (Å²) in [7, 11) is 0. The predicted octanol–water partition coefficient (Wildman–Crippen LogP) is 2.84. The minimum absolute atomic E-state index is 0.117. The van der Waals surface area contributed by atoms with Crippen molar-refractivity contribution in [3.8, 4) is 5.75 Å². The van der Waals surface area contributed by atoms with E-state index in [1.165, 1.54) is 11.1 Å². The lowest BCUT2D eigenvalue weighted by Crippen LogP contribution is -2.97. The monoisotopic (exact) mass is 352 g/mol. The molecule has 0 fully saturated rings. The molecule has 1 rings (SSSR count). The minimum atomic E-state index is -0.458. The van der Waals surface area contributed by atoms with Gasteiger partial charge in [-0.1, -0.05) is 26.8 Å². The van der Waals surface area contributed by atoms with Crippen LogP contribution in [0.3, 0.4) is 0 Å². The number of hydrogen-bond acceptors (Lipinski definition) is 3. The smallest absolute Gasteiger partial charge is 0.126 e. The highest BCUT2D eigenvalue weighted by molar-refractivity contribution is 5.33. The number of quaternary nitrogens is 1. The van der Waals surface area contributed by atoms with Crippen molar-refractivity contribution in [2.75, 3.05) is 26.4 Å². The van der Waals surface area contributed by atoms with Gasteiger partial charge in [-0.05, 0) is 56.4 Å². The number of benzene rings is 1. The molecule has 0 radical (unpaired) electrons. The number of nitrogens with two attached hydrogens (primary N) is 1. The van der Waals surface area contributed by atoms with Crippen LogP contribution in [0.5, 0.6) is 5.75 Å². The molecule has 0 unspecified atom stereocenters. The average molecular weight is 353 g/mol. The third kappa shape index (κ3) is 9.83. The molecule has 0 aliphatic carbocycles. The van der Waals surface area contributed by atoms with Crippen molar-refractivity contribution in [3.05, 3.63) is 29.3 Å². The summed E-state index contributed by atoms with van der Waals surface area (Å²) in [6.45, 7) is 17.3. The fourth-order valence-corrected chi connectivity index (χ4v) is 3.20. The van der Waals surface area contributed by atoms with Crippen molar-refractivity contribution in [3.63, 3.8) is 0 Å². The molecule has 1 aromatic rings. The van der Waals surface area contributed by atoms with E-state index in [4.69, 9.17) is 9.47 Å². The van der Waals surface area contributed by atoms with E-state index < -0.39 is 6.10 Å². The van der Waals surface area contributed by atoms with Gasteiger partial charge in [0, 0.05) is 6.42 Å². The largest absolute Gasteiger partial charge is 0.491 e. The second kappa shape index (κ2) is 9.56. The van der Waals surface area contributed by atoms with E-state index in [-0.39, 0.29) is 11.0 Å². The first-order chi connectivity index (χ1) is 11.5. The summed E-state index contributed by atoms with van der Waals surface area (Å²) in [5, 5.41) is 12.3. The maximum Gasteiger partial charge on any atom is 0.126 e. The highest BCUT2D eigenvalue weighted by Gasteiger charge is 2.28. The van der Waals surface area contributed by atoms with E-state index in [2.05, 4.69) is 59.8 Å². The van der Waals surface area contributed by atoms with E-state index in [1.54, 1.807) is 0 Å². The van der Waals surface area contributed by atoms with Crippen molar-refractivity contribution in [1.82, 2.24) is 0 Å². The van der Waals surface area contributed by atoms with Crippen molar-refractivity contribution < 1.29 is 19.9 Å². The maximum atomic E-state index is 10.1. The van der Waals surface area contributed by atoms with Crippen LogP contribution in [0, 0.1) is 19.3 Å². The summed E-state index contributed by atoms with van der Waals surface area (Å²) >= 11 is 0. The molecule has 3 N–H and O–H groups in total. The van der Waals surface area contributed by atoms with Crippen LogP contribution in [-0.4, -0.2) is 43.1 Å². The number of aryl methyl sites for hydroxylation is 2. The Morgan fingerprint density at radius 2 is 1.72 bits per heavy atom. The quantitative estimate of drug-likeness (QED) is 0.637. The Kier molecular flexibility index (Phi) is 8.39. The summed E-state index contributed by atoms with van der Waals surface area (Å²) in [6.07, 6.45) is 0.637. The molecular formula is C21H38NO3+. The van der Waals surface area contributed by atoms with Crippen LogP contribution >= 0.6 is 0 Å². The first kappa shape index (κ1) is 21.9. The topological polar surface area (TPSA) is 55.3 Å². The summed E-state index contributed by atoms with van der Waals surface area (Å²) in [4.78, 5) is 0. The highest BCUT2D eigenvalue weighted by atomic mass is 16.5. The first-order valence-corrected chi connectivity index (χ1v) is 9.29. The van der Waals surface area contributed by atoms with Gasteiger partial charge in [0.2, 0.25) is 0 Å². The fourth-order valence-electron chi connectivity index (χ4n) is 3.20. The number of aliphatic hydroxyl groups excluding tert-OH is 1.